The summed E-state index contributed by atoms with van der Waals surface area (Å²) < 4.78 is 10.3. The van der Waals surface area contributed by atoms with E-state index < -0.39 is 23.7 Å². The van der Waals surface area contributed by atoms with Crippen molar-refractivity contribution in [2.45, 2.75) is 39.5 Å². The molecule has 0 aliphatic rings. The van der Waals surface area contributed by atoms with Gasteiger partial charge in [-0.3, -0.25) is 10.2 Å². The van der Waals surface area contributed by atoms with Crippen molar-refractivity contribution < 1.29 is 23.9 Å². The Morgan fingerprint density at radius 1 is 0.933 bits per heavy atom. The topological polar surface area (TPSA) is 97.0 Å². The van der Waals surface area contributed by atoms with Crippen molar-refractivity contribution in [3.63, 3.8) is 0 Å². The van der Waals surface area contributed by atoms with E-state index in [1.165, 1.54) is 7.05 Å². The van der Waals surface area contributed by atoms with Gasteiger partial charge in [0.2, 0.25) is 0 Å². The number of nitrogens with one attached hydrogen (secondary N) is 2. The Labute approximate surface area is 176 Å². The summed E-state index contributed by atoms with van der Waals surface area (Å²) in [6, 6.07) is 15.9. The summed E-state index contributed by atoms with van der Waals surface area (Å²) >= 11 is 0. The third kappa shape index (κ3) is 7.83. The molecule has 0 aliphatic carbocycles. The predicted molar refractivity (Wildman–Crippen MR) is 111 cm³/mol. The van der Waals surface area contributed by atoms with Crippen LogP contribution in [-0.4, -0.2) is 35.8 Å². The Morgan fingerprint density at radius 3 is 2.17 bits per heavy atom. The van der Waals surface area contributed by atoms with Gasteiger partial charge in [0.25, 0.3) is 5.91 Å². The third-order valence-electron chi connectivity index (χ3n) is 3.80. The molecule has 0 saturated carbocycles. The lowest BCUT2D eigenvalue weighted by molar-refractivity contribution is 0.0523. The van der Waals surface area contributed by atoms with Gasteiger partial charge in [0.05, 0.1) is 0 Å². The highest BCUT2D eigenvalue weighted by Gasteiger charge is 2.16. The van der Waals surface area contributed by atoms with Crippen LogP contribution < -0.4 is 10.7 Å². The predicted octanol–water partition coefficient (Wildman–Crippen LogP) is 3.62. The minimum atomic E-state index is -0.676. The molecule has 0 bridgehead atoms. The molecule has 0 fully saturated rings. The van der Waals surface area contributed by atoms with Crippen molar-refractivity contribution >= 4 is 18.1 Å². The van der Waals surface area contributed by atoms with Crippen LogP contribution in [0.25, 0.3) is 0 Å². The second-order valence-electron chi connectivity index (χ2n) is 7.59. The maximum atomic E-state index is 12.3. The molecule has 8 nitrogen and oxygen atoms in total. The molecule has 160 valence electrons. The average Bonchev–Trinajstić information content (AvgIpc) is 2.70. The van der Waals surface area contributed by atoms with Gasteiger partial charge >= 0.3 is 12.2 Å². The van der Waals surface area contributed by atoms with Crippen molar-refractivity contribution in [3.05, 3.63) is 71.3 Å². The van der Waals surface area contributed by atoms with Crippen LogP contribution in [0.1, 0.15) is 42.3 Å². The quantitative estimate of drug-likeness (QED) is 0.730. The smallest absolute Gasteiger partial charge is 0.428 e. The molecule has 2 aromatic carbocycles. The zero-order chi connectivity index (χ0) is 22.1. The van der Waals surface area contributed by atoms with E-state index in [4.69, 9.17) is 9.47 Å². The lowest BCUT2D eigenvalue weighted by Crippen LogP contribution is -2.43. The van der Waals surface area contributed by atoms with Gasteiger partial charge in [-0.15, -0.1) is 0 Å². The summed E-state index contributed by atoms with van der Waals surface area (Å²) in [4.78, 5) is 36.0. The molecule has 2 rings (SSSR count). The number of ether oxygens (including phenoxy) is 2. The van der Waals surface area contributed by atoms with E-state index in [1.807, 2.05) is 30.3 Å². The Morgan fingerprint density at radius 2 is 1.57 bits per heavy atom. The summed E-state index contributed by atoms with van der Waals surface area (Å²) in [5, 5.41) is 3.64. The Bertz CT molecular complexity index is 861. The fourth-order valence-corrected chi connectivity index (χ4v) is 2.34. The Kier molecular flexibility index (Phi) is 7.80. The average molecular weight is 413 g/mol. The molecule has 30 heavy (non-hydrogen) atoms. The van der Waals surface area contributed by atoms with E-state index >= 15 is 0 Å². The molecule has 3 amide bonds. The second kappa shape index (κ2) is 10.3. The highest BCUT2D eigenvalue weighted by atomic mass is 16.6. The summed E-state index contributed by atoms with van der Waals surface area (Å²) in [6.45, 7) is 5.74. The van der Waals surface area contributed by atoms with Crippen molar-refractivity contribution in [3.8, 4) is 0 Å². The molecule has 0 atom stereocenters. The van der Waals surface area contributed by atoms with Gasteiger partial charge in [-0.1, -0.05) is 42.5 Å². The zero-order valence-electron chi connectivity index (χ0n) is 17.6. The van der Waals surface area contributed by atoms with Gasteiger partial charge in [0.1, 0.15) is 12.2 Å². The first-order valence-corrected chi connectivity index (χ1v) is 9.45. The van der Waals surface area contributed by atoms with E-state index in [0.717, 1.165) is 16.1 Å². The lowest BCUT2D eigenvalue weighted by Gasteiger charge is -2.19. The van der Waals surface area contributed by atoms with E-state index in [2.05, 4.69) is 10.7 Å². The van der Waals surface area contributed by atoms with Gasteiger partial charge in [-0.05, 0) is 44.0 Å². The molecule has 2 N–H and O–H groups in total. The van der Waals surface area contributed by atoms with E-state index in [-0.39, 0.29) is 13.2 Å². The minimum Gasteiger partial charge on any atom is -0.444 e. The van der Waals surface area contributed by atoms with Crippen LogP contribution in [0.15, 0.2) is 54.6 Å². The van der Waals surface area contributed by atoms with Crippen molar-refractivity contribution in [1.29, 1.82) is 0 Å². The van der Waals surface area contributed by atoms with Gasteiger partial charge in [-0.2, -0.15) is 0 Å². The number of alkyl carbamates (subject to hydrolysis) is 1. The van der Waals surface area contributed by atoms with Crippen LogP contribution >= 0.6 is 0 Å². The molecule has 0 heterocycles. The van der Waals surface area contributed by atoms with Gasteiger partial charge < -0.3 is 14.8 Å². The number of amides is 3. The van der Waals surface area contributed by atoms with Crippen LogP contribution in [0.3, 0.4) is 0 Å². The van der Waals surface area contributed by atoms with Gasteiger partial charge in [-0.25, -0.2) is 14.6 Å². The number of hydrogen-bond donors (Lipinski definition) is 2. The number of carbonyl (C=O) groups excluding carboxylic acids is 3. The van der Waals surface area contributed by atoms with Crippen LogP contribution in [0.2, 0.25) is 0 Å². The number of nitrogens with zero attached hydrogens (tertiary/aromatic N) is 1. The molecule has 2 aromatic rings. The summed E-state index contributed by atoms with van der Waals surface area (Å²) in [7, 11) is 1.41. The number of hydrogen-bond acceptors (Lipinski definition) is 5. The first-order valence-electron chi connectivity index (χ1n) is 9.45. The van der Waals surface area contributed by atoms with Crippen LogP contribution in [0, 0.1) is 0 Å². The molecule has 0 aromatic heterocycles. The Hall–Kier alpha value is -3.55. The summed E-state index contributed by atoms with van der Waals surface area (Å²) in [6.07, 6.45) is -1.19. The Balaban J connectivity index is 1.80. The first kappa shape index (κ1) is 22.7. The van der Waals surface area contributed by atoms with Gasteiger partial charge in [0, 0.05) is 19.2 Å². The number of rotatable bonds is 5. The minimum absolute atomic E-state index is 0.110. The molecular weight excluding hydrogens is 386 g/mol. The highest BCUT2D eigenvalue weighted by molar-refractivity contribution is 5.94. The number of hydrazine groups is 1. The van der Waals surface area contributed by atoms with Crippen LogP contribution in [0.5, 0.6) is 0 Å². The van der Waals surface area contributed by atoms with E-state index in [1.54, 1.807) is 45.0 Å². The number of benzene rings is 2. The van der Waals surface area contributed by atoms with Crippen LogP contribution in [0.4, 0.5) is 9.59 Å². The molecule has 0 radical (unpaired) electrons. The van der Waals surface area contributed by atoms with Crippen molar-refractivity contribution in [1.82, 2.24) is 15.8 Å². The maximum Gasteiger partial charge on any atom is 0.428 e. The van der Waals surface area contributed by atoms with Crippen LogP contribution in [-0.2, 0) is 22.6 Å². The third-order valence-corrected chi connectivity index (χ3v) is 3.80. The lowest BCUT2D eigenvalue weighted by atomic mass is 10.1. The van der Waals surface area contributed by atoms with Crippen molar-refractivity contribution in [2.75, 3.05) is 7.05 Å². The fraction of sp³-hybridized carbons (Fsp3) is 0.318. The standard InChI is InChI=1S/C22H27N3O5/c1-22(2,3)30-20(27)23-14-16-10-12-18(13-11-16)19(26)24-25(4)21(28)29-15-17-8-6-5-7-9-17/h5-13H,14-15H2,1-4H3,(H,23,27)(H,24,26). The van der Waals surface area contributed by atoms with E-state index in [0.29, 0.717) is 5.56 Å². The normalized spacial score (nSPS) is 10.7. The van der Waals surface area contributed by atoms with E-state index in [9.17, 15) is 14.4 Å². The monoisotopic (exact) mass is 413 g/mol. The summed E-state index contributed by atoms with van der Waals surface area (Å²) in [5.41, 5.74) is 3.90. The fourth-order valence-electron chi connectivity index (χ4n) is 2.34. The van der Waals surface area contributed by atoms with Crippen molar-refractivity contribution in [2.24, 2.45) is 0 Å². The first-order chi connectivity index (χ1) is 14.1. The highest BCUT2D eigenvalue weighted by Crippen LogP contribution is 2.08. The molecular formula is C22H27N3O5. The molecule has 0 unspecified atom stereocenters. The molecule has 8 heteroatoms. The zero-order valence-corrected chi connectivity index (χ0v) is 17.6. The second-order valence-corrected chi connectivity index (χ2v) is 7.59. The molecule has 0 spiro atoms. The molecule has 0 saturated heterocycles. The summed E-state index contributed by atoms with van der Waals surface area (Å²) in [5.74, 6) is -0.458. The maximum absolute atomic E-state index is 12.3. The SMILES string of the molecule is CN(NC(=O)c1ccc(CNC(=O)OC(C)(C)C)cc1)C(=O)OCc1ccccc1. The van der Waals surface area contributed by atoms with Gasteiger partial charge in [0.15, 0.2) is 0 Å². The number of carbonyl (C=O) groups is 3. The largest absolute Gasteiger partial charge is 0.444 e. The molecule has 0 aliphatic heterocycles.